The molecule has 0 spiro atoms. The zero-order chi connectivity index (χ0) is 69.3. The normalized spacial score (nSPS) is 11.7. The first-order valence-electron chi connectivity index (χ1n) is 36.8. The molecule has 0 fully saturated rings. The highest BCUT2D eigenvalue weighted by molar-refractivity contribution is 5.63. The summed E-state index contributed by atoms with van der Waals surface area (Å²) in [6.45, 7) is 9.51. The molecule has 0 atom stereocenters. The van der Waals surface area contributed by atoms with Gasteiger partial charge in [0.05, 0.1) is 24.8 Å². The first-order chi connectivity index (χ1) is 49.6. The maximum absolute atomic E-state index is 4.90. The summed E-state index contributed by atoms with van der Waals surface area (Å²) in [5.74, 6) is 0. The molecule has 0 aliphatic rings. The van der Waals surface area contributed by atoms with Crippen LogP contribution in [0, 0.1) is 0 Å². The van der Waals surface area contributed by atoms with Crippen molar-refractivity contribution in [2.24, 2.45) is 28.2 Å². The predicted octanol–water partition coefficient (Wildman–Crippen LogP) is 9.13. The fourth-order valence-corrected chi connectivity index (χ4v) is 13.4. The molecule has 0 unspecified atom stereocenters. The Morgan fingerprint density at radius 3 is 0.614 bits per heavy atom. The van der Waals surface area contributed by atoms with E-state index in [1.807, 2.05) is 46.9 Å². The van der Waals surface area contributed by atoms with Crippen LogP contribution in [0.5, 0.6) is 0 Å². The molecule has 21 nitrogen and oxygen atoms in total. The van der Waals surface area contributed by atoms with Gasteiger partial charge in [0.1, 0.15) is 103 Å². The van der Waals surface area contributed by atoms with E-state index in [-0.39, 0.29) is 0 Å². The lowest BCUT2D eigenvalue weighted by Crippen LogP contribution is -2.45. The van der Waals surface area contributed by atoms with Gasteiger partial charge in [0.25, 0.3) is 0 Å². The van der Waals surface area contributed by atoms with Gasteiger partial charge in [0.15, 0.2) is 99.1 Å². The van der Waals surface area contributed by atoms with Crippen molar-refractivity contribution in [2.75, 3.05) is 0 Å². The highest BCUT2D eigenvalue weighted by Crippen LogP contribution is 2.27. The van der Waals surface area contributed by atoms with Crippen molar-refractivity contribution in [3.05, 3.63) is 244 Å². The minimum atomic E-state index is 0.506. The standard InChI is InChI=1S/C80H104N21/c1-89-45-21-69(22-46-89)73-29-53-93(54-30-73)37-13-5-9-17-41-97-61-77(81-85-97)65-101(66-78-62-98(86-82-78)42-18-10-6-14-38-94-55-31-74(32-56-94)70-23-47-90(2)48-24-70,67-79-63-99(87-83-79)43-19-11-7-15-39-95-57-33-75(34-58-95)71-25-49-91(3)50-26-71)68-80-64-100(88-84-80)44-20-12-8-16-40-96-59-35-76(36-60-96)72-27-51-92(4)52-28-72/h21-36,45-64H,5-20,37-44,65-68H2,1-4H3/q+9. The summed E-state index contributed by atoms with van der Waals surface area (Å²) in [6, 6.07) is 35.0. The van der Waals surface area contributed by atoms with Crippen molar-refractivity contribution in [1.29, 1.82) is 0 Å². The second kappa shape index (κ2) is 36.2. The van der Waals surface area contributed by atoms with E-state index in [1.165, 1.54) is 44.5 Å². The minimum absolute atomic E-state index is 0.506. The molecule has 0 saturated heterocycles. The van der Waals surface area contributed by atoms with Crippen molar-refractivity contribution < 1.29 is 41.0 Å². The molecular formula is C80H104N21+9. The third kappa shape index (κ3) is 21.9. The second-order valence-electron chi connectivity index (χ2n) is 27.8. The fraction of sp³-hybridized carbons (Fsp3) is 0.400. The van der Waals surface area contributed by atoms with Gasteiger partial charge in [-0.05, 0) is 95.9 Å². The van der Waals surface area contributed by atoms with Crippen LogP contribution in [0.3, 0.4) is 0 Å². The van der Waals surface area contributed by atoms with Crippen molar-refractivity contribution in [1.82, 2.24) is 60.0 Å². The van der Waals surface area contributed by atoms with Gasteiger partial charge in [-0.1, -0.05) is 46.5 Å². The van der Waals surface area contributed by atoms with Crippen molar-refractivity contribution >= 4 is 0 Å². The van der Waals surface area contributed by atoms with Crippen molar-refractivity contribution in [3.8, 4) is 44.5 Å². The number of aryl methyl sites for hydroxylation is 12. The third-order valence-corrected chi connectivity index (χ3v) is 19.4. The maximum Gasteiger partial charge on any atom is 0.169 e. The number of pyridine rings is 8. The zero-order valence-corrected chi connectivity index (χ0v) is 60.0. The van der Waals surface area contributed by atoms with Gasteiger partial charge in [-0.25, -0.2) is 36.5 Å². The monoisotopic (exact) mass is 1360 g/mol. The van der Waals surface area contributed by atoms with Crippen LogP contribution in [-0.2, 0) is 107 Å². The lowest BCUT2D eigenvalue weighted by molar-refractivity contribution is -0.979. The van der Waals surface area contributed by atoms with E-state index in [0.717, 1.165) is 178 Å². The Bertz CT molecular complexity index is 3820. The smallest absolute Gasteiger partial charge is 0.169 e. The van der Waals surface area contributed by atoms with E-state index in [2.05, 4.69) is 258 Å². The number of quaternary nitrogens is 1. The SMILES string of the molecule is C[n+]1ccc(-c2cc[n+](CCCCCCn3cc(C[N+](Cc4cn(CCCCCC[n+]5ccc(-c6cc[n+](C)cc6)cc5)nn4)(Cc4cn(CCCCCC[n+]5ccc(-c6cc[n+](C)cc6)cc5)nn4)Cc4cn(CCCCCC[n+]5ccc(-c6cc[n+](C)cc6)cc5)nn4)nn3)cc2)cc1. The van der Waals surface area contributed by atoms with Gasteiger partial charge < -0.3 is 4.48 Å². The fourth-order valence-electron chi connectivity index (χ4n) is 13.4. The van der Waals surface area contributed by atoms with Crippen LogP contribution in [-0.4, -0.2) is 64.5 Å². The molecule has 0 amide bonds. The number of nitrogens with zero attached hydrogens (tertiary/aromatic N) is 21. The molecule has 520 valence electrons. The van der Waals surface area contributed by atoms with Gasteiger partial charge in [-0.15, -0.1) is 20.4 Å². The average molecular weight is 1360 g/mol. The molecule has 0 aliphatic carbocycles. The Balaban J connectivity index is 0.689. The molecule has 0 N–H and O–H groups in total. The summed E-state index contributed by atoms with van der Waals surface area (Å²) in [6.07, 6.45) is 60.6. The molecule has 101 heavy (non-hydrogen) atoms. The van der Waals surface area contributed by atoms with Crippen LogP contribution in [0.1, 0.15) is 126 Å². The maximum atomic E-state index is 4.90. The number of unbranched alkanes of at least 4 members (excludes halogenated alkanes) is 12. The van der Waals surface area contributed by atoms with E-state index >= 15 is 0 Å². The Morgan fingerprint density at radius 2 is 0.416 bits per heavy atom. The van der Waals surface area contributed by atoms with Gasteiger partial charge in [0, 0.05) is 149 Å². The Hall–Kier alpha value is -10.3. The van der Waals surface area contributed by atoms with E-state index in [0.29, 0.717) is 30.7 Å². The Labute approximate surface area is 595 Å². The van der Waals surface area contributed by atoms with E-state index in [4.69, 9.17) is 41.2 Å². The average Bonchev–Trinajstić information content (AvgIpc) is 1.70. The lowest BCUT2D eigenvalue weighted by atomic mass is 10.1. The third-order valence-electron chi connectivity index (χ3n) is 19.4. The van der Waals surface area contributed by atoms with Crippen LogP contribution in [0.4, 0.5) is 0 Å². The van der Waals surface area contributed by atoms with Gasteiger partial charge >= 0.3 is 0 Å². The molecule has 12 aromatic heterocycles. The molecule has 12 heterocycles. The zero-order valence-electron chi connectivity index (χ0n) is 60.0. The molecule has 0 bridgehead atoms. The van der Waals surface area contributed by atoms with Crippen LogP contribution in [0.15, 0.2) is 221 Å². The van der Waals surface area contributed by atoms with E-state index in [1.54, 1.807) is 0 Å². The Morgan fingerprint density at radius 1 is 0.238 bits per heavy atom. The summed E-state index contributed by atoms with van der Waals surface area (Å²) in [5.41, 5.74) is 13.5. The molecule has 0 aromatic carbocycles. The van der Waals surface area contributed by atoms with Crippen LogP contribution in [0.2, 0.25) is 0 Å². The minimum Gasteiger partial charge on any atom is -0.303 e. The quantitative estimate of drug-likeness (QED) is 0.0210. The molecule has 12 aromatic rings. The number of hydrogen-bond donors (Lipinski definition) is 0. The van der Waals surface area contributed by atoms with Gasteiger partial charge in [-0.2, -0.15) is 0 Å². The van der Waals surface area contributed by atoms with Gasteiger partial charge in [-0.3, -0.25) is 18.7 Å². The van der Waals surface area contributed by atoms with Crippen molar-refractivity contribution in [2.45, 2.75) is 181 Å². The van der Waals surface area contributed by atoms with E-state index < -0.39 is 0 Å². The first kappa shape index (κ1) is 70.6. The summed E-state index contributed by atoms with van der Waals surface area (Å²) in [5, 5.41) is 38.6. The molecule has 0 aliphatic heterocycles. The lowest BCUT2D eigenvalue weighted by Gasteiger charge is -2.36. The van der Waals surface area contributed by atoms with Crippen LogP contribution in [0.25, 0.3) is 44.5 Å². The second-order valence-corrected chi connectivity index (χ2v) is 27.8. The van der Waals surface area contributed by atoms with Crippen LogP contribution >= 0.6 is 0 Å². The summed E-state index contributed by atoms with van der Waals surface area (Å²) in [7, 11) is 8.19. The summed E-state index contributed by atoms with van der Waals surface area (Å²) < 4.78 is 26.1. The number of hydrogen-bond acceptors (Lipinski definition) is 8. The highest BCUT2D eigenvalue weighted by atomic mass is 15.5. The molecular weight excluding hydrogens is 1260 g/mol. The first-order valence-corrected chi connectivity index (χ1v) is 36.8. The molecule has 12 rings (SSSR count). The topological polar surface area (TPSA) is 154 Å². The molecule has 0 radical (unpaired) electrons. The highest BCUT2D eigenvalue weighted by Gasteiger charge is 2.35. The largest absolute Gasteiger partial charge is 0.303 e. The molecule has 21 heteroatoms. The predicted molar refractivity (Wildman–Crippen MR) is 382 cm³/mol. The Kier molecular flexibility index (Phi) is 25.3. The molecule has 0 saturated carbocycles. The summed E-state index contributed by atoms with van der Waals surface area (Å²) in [4.78, 5) is 0. The van der Waals surface area contributed by atoms with E-state index in [9.17, 15) is 0 Å². The number of rotatable bonds is 40. The van der Waals surface area contributed by atoms with Crippen LogP contribution < -0.4 is 36.5 Å². The number of aromatic nitrogens is 20. The summed E-state index contributed by atoms with van der Waals surface area (Å²) >= 11 is 0. The van der Waals surface area contributed by atoms with Crippen molar-refractivity contribution in [3.63, 3.8) is 0 Å². The van der Waals surface area contributed by atoms with Gasteiger partial charge in [0.2, 0.25) is 0 Å².